The van der Waals surface area contributed by atoms with E-state index in [0.29, 0.717) is 5.57 Å². The fraction of sp³-hybridized carbons (Fsp3) is 0.188. The van der Waals surface area contributed by atoms with Crippen LogP contribution in [0.3, 0.4) is 0 Å². The maximum absolute atomic E-state index is 12.3. The molecule has 0 rings (SSSR count). The highest BCUT2D eigenvalue weighted by Gasteiger charge is 2.13. The van der Waals surface area contributed by atoms with Crippen LogP contribution in [0.4, 0.5) is 0 Å². The maximum atomic E-state index is 12.3. The second-order valence-corrected chi connectivity index (χ2v) is 3.48. The van der Waals surface area contributed by atoms with Gasteiger partial charge in [0.1, 0.15) is 5.76 Å². The van der Waals surface area contributed by atoms with Crippen molar-refractivity contribution in [2.24, 2.45) is 0 Å². The Morgan fingerprint density at radius 2 is 1.67 bits per heavy atom. The molecule has 0 bridgehead atoms. The zero-order chi connectivity index (χ0) is 14.0. The Morgan fingerprint density at radius 3 is 2.11 bits per heavy atom. The van der Waals surface area contributed by atoms with E-state index in [9.17, 15) is 9.90 Å². The molecule has 0 unspecified atom stereocenters. The van der Waals surface area contributed by atoms with Crippen molar-refractivity contribution in [2.45, 2.75) is 20.8 Å². The van der Waals surface area contributed by atoms with Gasteiger partial charge in [-0.25, -0.2) is 0 Å². The van der Waals surface area contributed by atoms with Crippen molar-refractivity contribution in [3.8, 4) is 0 Å². The zero-order valence-corrected chi connectivity index (χ0v) is 11.2. The van der Waals surface area contributed by atoms with Gasteiger partial charge in [-0.05, 0) is 26.8 Å². The molecule has 96 valence electrons. The molecule has 0 aromatic carbocycles. The van der Waals surface area contributed by atoms with Crippen LogP contribution in [0.1, 0.15) is 20.8 Å². The summed E-state index contributed by atoms with van der Waals surface area (Å²) < 4.78 is 0. The lowest BCUT2D eigenvalue weighted by Gasteiger charge is -2.04. The number of Topliss-reactive ketones (excluding diaryl/α,β-unsaturated/α-hetero) is 1. The van der Waals surface area contributed by atoms with E-state index in [1.165, 1.54) is 6.08 Å². The highest BCUT2D eigenvalue weighted by Crippen LogP contribution is 2.14. The molecule has 0 spiro atoms. The van der Waals surface area contributed by atoms with Gasteiger partial charge >= 0.3 is 0 Å². The van der Waals surface area contributed by atoms with Crippen LogP contribution in [0, 0.1) is 0 Å². The molecule has 0 saturated heterocycles. The Hall–Kier alpha value is -2.09. The summed E-state index contributed by atoms with van der Waals surface area (Å²) in [5, 5.41) is 9.68. The Bertz CT molecular complexity index is 444. The van der Waals surface area contributed by atoms with Crippen molar-refractivity contribution in [1.82, 2.24) is 0 Å². The van der Waals surface area contributed by atoms with Gasteiger partial charge in [-0.15, -0.1) is 0 Å². The highest BCUT2D eigenvalue weighted by atomic mass is 16.3. The van der Waals surface area contributed by atoms with Crippen molar-refractivity contribution in [1.29, 1.82) is 0 Å². The van der Waals surface area contributed by atoms with E-state index >= 15 is 0 Å². The van der Waals surface area contributed by atoms with Gasteiger partial charge in [0.05, 0.1) is 5.57 Å². The summed E-state index contributed by atoms with van der Waals surface area (Å²) in [5.41, 5.74) is 0.749. The Labute approximate surface area is 109 Å². The monoisotopic (exact) mass is 244 g/mol. The molecule has 0 aliphatic rings. The summed E-state index contributed by atoms with van der Waals surface area (Å²) >= 11 is 0. The van der Waals surface area contributed by atoms with Crippen molar-refractivity contribution < 1.29 is 9.90 Å². The van der Waals surface area contributed by atoms with Gasteiger partial charge in [0.2, 0.25) is 0 Å². The molecule has 0 aliphatic heterocycles. The fourth-order valence-corrected chi connectivity index (χ4v) is 1.30. The molecule has 0 amide bonds. The minimum absolute atomic E-state index is 0.117. The van der Waals surface area contributed by atoms with Crippen LogP contribution in [-0.2, 0) is 4.79 Å². The summed E-state index contributed by atoms with van der Waals surface area (Å²) in [6, 6.07) is 0. The zero-order valence-electron chi connectivity index (χ0n) is 11.2. The third-order valence-corrected chi connectivity index (χ3v) is 2.12. The van der Waals surface area contributed by atoms with Gasteiger partial charge < -0.3 is 5.11 Å². The standard InChI is InChI=1S/C16H20O2/c1-5-9-12-13(10-6-2)16(18)14(11-7-3)15(17)8-4/h5-12,17H,4H2,1-3H3/b9-5-,10-6-,11-7-,13-12+,15-14-. The number of aliphatic hydroxyl groups excluding tert-OH is 1. The molecule has 0 atom stereocenters. The van der Waals surface area contributed by atoms with Gasteiger partial charge in [0.25, 0.3) is 0 Å². The molecule has 2 nitrogen and oxygen atoms in total. The van der Waals surface area contributed by atoms with Crippen LogP contribution in [-0.4, -0.2) is 10.9 Å². The normalized spacial score (nSPS) is 14.5. The average molecular weight is 244 g/mol. The first kappa shape index (κ1) is 15.9. The number of allylic oxidation sites excluding steroid dienone is 10. The summed E-state index contributed by atoms with van der Waals surface area (Å²) in [6.45, 7) is 8.96. The molecular formula is C16H20O2. The van der Waals surface area contributed by atoms with Crippen molar-refractivity contribution in [2.75, 3.05) is 0 Å². The highest BCUT2D eigenvalue weighted by molar-refractivity contribution is 6.12. The SMILES string of the molecule is C=C/C(O)=C(\C=C/C)C(=O)C(/C=C\C)=C/C=C\C. The van der Waals surface area contributed by atoms with Gasteiger partial charge in [-0.3, -0.25) is 4.79 Å². The largest absolute Gasteiger partial charge is 0.507 e. The van der Waals surface area contributed by atoms with Crippen LogP contribution in [0.5, 0.6) is 0 Å². The third-order valence-electron chi connectivity index (χ3n) is 2.12. The minimum atomic E-state index is -0.235. The molecule has 0 heterocycles. The first-order valence-electron chi connectivity index (χ1n) is 5.81. The molecule has 18 heavy (non-hydrogen) atoms. The van der Waals surface area contributed by atoms with Crippen molar-refractivity contribution in [3.63, 3.8) is 0 Å². The number of ketones is 1. The Morgan fingerprint density at radius 1 is 1.06 bits per heavy atom. The lowest BCUT2D eigenvalue weighted by molar-refractivity contribution is -0.111. The van der Waals surface area contributed by atoms with Gasteiger partial charge in [0.15, 0.2) is 5.78 Å². The number of carbonyl (C=O) groups is 1. The molecule has 0 saturated carbocycles. The van der Waals surface area contributed by atoms with E-state index in [0.717, 1.165) is 0 Å². The first-order valence-corrected chi connectivity index (χ1v) is 5.81. The van der Waals surface area contributed by atoms with E-state index in [-0.39, 0.29) is 17.1 Å². The number of hydrogen-bond acceptors (Lipinski definition) is 2. The predicted molar refractivity (Wildman–Crippen MR) is 77.4 cm³/mol. The summed E-state index contributed by atoms with van der Waals surface area (Å²) in [5.74, 6) is -0.351. The second-order valence-electron chi connectivity index (χ2n) is 3.48. The molecule has 0 aromatic heterocycles. The Balaban J connectivity index is 5.61. The second kappa shape index (κ2) is 8.99. The predicted octanol–water partition coefficient (Wildman–Crippen LogP) is 4.21. The summed E-state index contributed by atoms with van der Waals surface area (Å²) in [4.78, 5) is 12.3. The summed E-state index contributed by atoms with van der Waals surface area (Å²) in [6.07, 6.45) is 13.4. The smallest absolute Gasteiger partial charge is 0.196 e. The molecule has 0 aliphatic carbocycles. The molecule has 2 heteroatoms. The molecule has 0 radical (unpaired) electrons. The van der Waals surface area contributed by atoms with Crippen molar-refractivity contribution >= 4 is 5.78 Å². The van der Waals surface area contributed by atoms with E-state index in [1.807, 2.05) is 19.9 Å². The lowest BCUT2D eigenvalue weighted by atomic mass is 10.0. The number of carbonyl (C=O) groups excluding carboxylic acids is 1. The fourth-order valence-electron chi connectivity index (χ4n) is 1.30. The van der Waals surface area contributed by atoms with Crippen LogP contribution in [0.25, 0.3) is 0 Å². The quantitative estimate of drug-likeness (QED) is 0.432. The lowest BCUT2D eigenvalue weighted by Crippen LogP contribution is -2.05. The van der Waals surface area contributed by atoms with Crippen molar-refractivity contribution in [3.05, 3.63) is 72.1 Å². The maximum Gasteiger partial charge on any atom is 0.196 e. The average Bonchev–Trinajstić information content (AvgIpc) is 2.39. The van der Waals surface area contributed by atoms with E-state index in [4.69, 9.17) is 0 Å². The van der Waals surface area contributed by atoms with Gasteiger partial charge in [-0.1, -0.05) is 49.1 Å². The van der Waals surface area contributed by atoms with Crippen LogP contribution >= 0.6 is 0 Å². The third kappa shape index (κ3) is 4.83. The topological polar surface area (TPSA) is 37.3 Å². The van der Waals surface area contributed by atoms with Crippen LogP contribution < -0.4 is 0 Å². The molecule has 0 fully saturated rings. The molecular weight excluding hydrogens is 224 g/mol. The molecule has 0 aromatic rings. The minimum Gasteiger partial charge on any atom is -0.507 e. The summed E-state index contributed by atoms with van der Waals surface area (Å²) in [7, 11) is 0. The van der Waals surface area contributed by atoms with E-state index < -0.39 is 0 Å². The van der Waals surface area contributed by atoms with Crippen LogP contribution in [0.2, 0.25) is 0 Å². The number of hydrogen-bond donors (Lipinski definition) is 1. The number of aliphatic hydroxyl groups is 1. The Kier molecular flexibility index (Phi) is 7.95. The van der Waals surface area contributed by atoms with E-state index in [1.54, 1.807) is 43.4 Å². The van der Waals surface area contributed by atoms with Gasteiger partial charge in [0, 0.05) is 5.57 Å². The van der Waals surface area contributed by atoms with Gasteiger partial charge in [-0.2, -0.15) is 0 Å². The molecule has 1 N–H and O–H groups in total. The first-order chi connectivity index (χ1) is 8.62. The van der Waals surface area contributed by atoms with Crippen LogP contribution in [0.15, 0.2) is 72.1 Å². The number of rotatable bonds is 6. The van der Waals surface area contributed by atoms with E-state index in [2.05, 4.69) is 6.58 Å².